The van der Waals surface area contributed by atoms with Crippen LogP contribution in [0.2, 0.25) is 0 Å². The largest absolute Gasteiger partial charge is 0.416 e. The number of halogens is 7. The minimum absolute atomic E-state index is 0.00313. The molecule has 0 aliphatic carbocycles. The standard InChI is InChI=1S/C11H7ClF6O/c12-5-8(19)3-6-1-2-7(10(13,14)15)4-9(6)11(16,17)18/h1-2,4H,3,5H2. The molecule has 1 rings (SSSR count). The first kappa shape index (κ1) is 15.8. The lowest BCUT2D eigenvalue weighted by molar-refractivity contribution is -0.143. The van der Waals surface area contributed by atoms with Gasteiger partial charge in [0, 0.05) is 6.42 Å². The molecule has 1 nitrogen and oxygen atoms in total. The van der Waals surface area contributed by atoms with Crippen molar-refractivity contribution in [2.24, 2.45) is 0 Å². The van der Waals surface area contributed by atoms with Gasteiger partial charge in [0.1, 0.15) is 0 Å². The highest BCUT2D eigenvalue weighted by atomic mass is 35.5. The minimum atomic E-state index is -4.97. The molecule has 19 heavy (non-hydrogen) atoms. The minimum Gasteiger partial charge on any atom is -0.298 e. The van der Waals surface area contributed by atoms with E-state index in [0.29, 0.717) is 12.1 Å². The van der Waals surface area contributed by atoms with Crippen LogP contribution in [0.1, 0.15) is 16.7 Å². The maximum Gasteiger partial charge on any atom is 0.416 e. The molecule has 0 N–H and O–H groups in total. The number of alkyl halides is 7. The Morgan fingerprint density at radius 3 is 2.05 bits per heavy atom. The second-order valence-corrected chi connectivity index (χ2v) is 3.98. The van der Waals surface area contributed by atoms with Crippen molar-refractivity contribution in [2.75, 3.05) is 5.88 Å². The molecule has 0 spiro atoms. The summed E-state index contributed by atoms with van der Waals surface area (Å²) in [6.45, 7) is 0. The van der Waals surface area contributed by atoms with E-state index in [-0.39, 0.29) is 6.07 Å². The summed E-state index contributed by atoms with van der Waals surface area (Å²) >= 11 is 5.16. The van der Waals surface area contributed by atoms with Gasteiger partial charge in [-0.05, 0) is 17.7 Å². The molecule has 1 aromatic carbocycles. The number of carbonyl (C=O) groups is 1. The summed E-state index contributed by atoms with van der Waals surface area (Å²) in [5.74, 6) is -1.20. The molecule has 0 fully saturated rings. The molecule has 8 heteroatoms. The average molecular weight is 305 g/mol. The predicted molar refractivity (Wildman–Crippen MR) is 55.9 cm³/mol. The number of carbonyl (C=O) groups excluding carboxylic acids is 1. The lowest BCUT2D eigenvalue weighted by Gasteiger charge is -2.15. The van der Waals surface area contributed by atoms with Crippen molar-refractivity contribution in [1.29, 1.82) is 0 Å². The molecule has 0 radical (unpaired) electrons. The van der Waals surface area contributed by atoms with Crippen LogP contribution in [0.4, 0.5) is 26.3 Å². The molecule has 0 aliphatic heterocycles. The Bertz CT molecular complexity index is 477. The van der Waals surface area contributed by atoms with Crippen molar-refractivity contribution >= 4 is 17.4 Å². The summed E-state index contributed by atoms with van der Waals surface area (Å²) in [6.07, 6.45) is -10.5. The fourth-order valence-electron chi connectivity index (χ4n) is 1.43. The van der Waals surface area contributed by atoms with E-state index in [9.17, 15) is 31.1 Å². The number of rotatable bonds is 3. The quantitative estimate of drug-likeness (QED) is 0.607. The number of ketones is 1. The van der Waals surface area contributed by atoms with E-state index in [0.717, 1.165) is 0 Å². The van der Waals surface area contributed by atoms with Gasteiger partial charge in [-0.2, -0.15) is 26.3 Å². The molecule has 0 aromatic heterocycles. The van der Waals surface area contributed by atoms with Crippen LogP contribution in [0, 0.1) is 0 Å². The number of Topliss-reactive ketones (excluding diaryl/α,β-unsaturated/α-hetero) is 1. The Labute approximate surface area is 109 Å². The monoisotopic (exact) mass is 304 g/mol. The van der Waals surface area contributed by atoms with E-state index in [2.05, 4.69) is 0 Å². The summed E-state index contributed by atoms with van der Waals surface area (Å²) in [4.78, 5) is 11.0. The van der Waals surface area contributed by atoms with E-state index in [1.54, 1.807) is 0 Å². The van der Waals surface area contributed by atoms with E-state index in [4.69, 9.17) is 11.6 Å². The molecule has 1 aromatic rings. The van der Waals surface area contributed by atoms with Gasteiger partial charge in [0.15, 0.2) is 5.78 Å². The molecular weight excluding hydrogens is 298 g/mol. The van der Waals surface area contributed by atoms with Crippen molar-refractivity contribution in [3.8, 4) is 0 Å². The van der Waals surface area contributed by atoms with Crippen molar-refractivity contribution in [1.82, 2.24) is 0 Å². The first-order valence-corrected chi connectivity index (χ1v) is 5.44. The smallest absolute Gasteiger partial charge is 0.298 e. The van der Waals surface area contributed by atoms with Gasteiger partial charge in [0.2, 0.25) is 0 Å². The summed E-state index contributed by atoms with van der Waals surface area (Å²) in [6, 6.07) is 1.15. The van der Waals surface area contributed by atoms with Gasteiger partial charge in [-0.3, -0.25) is 4.79 Å². The highest BCUT2D eigenvalue weighted by Gasteiger charge is 2.38. The summed E-state index contributed by atoms with van der Waals surface area (Å²) < 4.78 is 75.1. The molecule has 0 saturated heterocycles. The average Bonchev–Trinajstić information content (AvgIpc) is 2.26. The Hall–Kier alpha value is -1.24. The fourth-order valence-corrected chi connectivity index (χ4v) is 1.52. The Morgan fingerprint density at radius 2 is 1.63 bits per heavy atom. The normalized spacial score (nSPS) is 12.6. The lowest BCUT2D eigenvalue weighted by atomic mass is 9.99. The van der Waals surface area contributed by atoms with Crippen molar-refractivity contribution in [3.05, 3.63) is 34.9 Å². The van der Waals surface area contributed by atoms with E-state index < -0.39 is 47.1 Å². The van der Waals surface area contributed by atoms with Gasteiger partial charge in [0.05, 0.1) is 17.0 Å². The highest BCUT2D eigenvalue weighted by molar-refractivity contribution is 6.27. The van der Waals surface area contributed by atoms with E-state index >= 15 is 0 Å². The number of benzene rings is 1. The van der Waals surface area contributed by atoms with Crippen molar-refractivity contribution < 1.29 is 31.1 Å². The summed E-state index contributed by atoms with van der Waals surface area (Å²) in [5.41, 5.74) is -3.41. The maximum atomic E-state index is 12.7. The summed E-state index contributed by atoms with van der Waals surface area (Å²) in [7, 11) is 0. The zero-order chi connectivity index (χ0) is 14.8. The van der Waals surface area contributed by atoms with Gasteiger partial charge in [-0.15, -0.1) is 11.6 Å². The van der Waals surface area contributed by atoms with Crippen LogP contribution in [0.5, 0.6) is 0 Å². The van der Waals surface area contributed by atoms with Crippen LogP contribution in [-0.4, -0.2) is 11.7 Å². The maximum absolute atomic E-state index is 12.7. The number of hydrogen-bond acceptors (Lipinski definition) is 1. The molecule has 106 valence electrons. The first-order chi connectivity index (χ1) is 8.55. The fraction of sp³-hybridized carbons (Fsp3) is 0.364. The van der Waals surface area contributed by atoms with Gasteiger partial charge >= 0.3 is 12.4 Å². The van der Waals surface area contributed by atoms with Crippen LogP contribution in [-0.2, 0) is 23.6 Å². The second-order valence-electron chi connectivity index (χ2n) is 3.72. The Balaban J connectivity index is 3.29. The van der Waals surface area contributed by atoms with Crippen molar-refractivity contribution in [3.63, 3.8) is 0 Å². The molecule has 0 saturated carbocycles. The van der Waals surface area contributed by atoms with Crippen LogP contribution >= 0.6 is 11.6 Å². The van der Waals surface area contributed by atoms with Crippen LogP contribution in [0.3, 0.4) is 0 Å². The molecule has 0 atom stereocenters. The van der Waals surface area contributed by atoms with Crippen LogP contribution < -0.4 is 0 Å². The topological polar surface area (TPSA) is 17.1 Å². The highest BCUT2D eigenvalue weighted by Crippen LogP contribution is 2.37. The summed E-state index contributed by atoms with van der Waals surface area (Å²) in [5, 5.41) is 0. The molecule has 0 bridgehead atoms. The van der Waals surface area contributed by atoms with Gasteiger partial charge < -0.3 is 0 Å². The predicted octanol–water partition coefficient (Wildman–Crippen LogP) is 4.07. The molecule has 0 heterocycles. The molecule has 0 unspecified atom stereocenters. The first-order valence-electron chi connectivity index (χ1n) is 4.90. The molecular formula is C11H7ClF6O. The van der Waals surface area contributed by atoms with E-state index in [1.165, 1.54) is 0 Å². The molecule has 0 aliphatic rings. The third-order valence-electron chi connectivity index (χ3n) is 2.28. The number of hydrogen-bond donors (Lipinski definition) is 0. The lowest BCUT2D eigenvalue weighted by Crippen LogP contribution is -2.16. The molecule has 0 amide bonds. The van der Waals surface area contributed by atoms with Gasteiger partial charge in [-0.25, -0.2) is 0 Å². The van der Waals surface area contributed by atoms with Crippen molar-refractivity contribution in [2.45, 2.75) is 18.8 Å². The third kappa shape index (κ3) is 4.12. The van der Waals surface area contributed by atoms with Gasteiger partial charge in [-0.1, -0.05) is 6.07 Å². The SMILES string of the molecule is O=C(CCl)Cc1ccc(C(F)(F)F)cc1C(F)(F)F. The van der Waals surface area contributed by atoms with Gasteiger partial charge in [0.25, 0.3) is 0 Å². The second kappa shape index (κ2) is 5.40. The third-order valence-corrected chi connectivity index (χ3v) is 2.58. The van der Waals surface area contributed by atoms with Crippen LogP contribution in [0.15, 0.2) is 18.2 Å². The Morgan fingerprint density at radius 1 is 1.05 bits per heavy atom. The van der Waals surface area contributed by atoms with E-state index in [1.807, 2.05) is 0 Å². The zero-order valence-corrected chi connectivity index (χ0v) is 9.96. The zero-order valence-electron chi connectivity index (χ0n) is 9.20. The van der Waals surface area contributed by atoms with Crippen LogP contribution in [0.25, 0.3) is 0 Å². The Kier molecular flexibility index (Phi) is 4.50.